The Labute approximate surface area is 251 Å². The summed E-state index contributed by atoms with van der Waals surface area (Å²) in [5, 5.41) is 10.6. The van der Waals surface area contributed by atoms with Crippen LogP contribution in [0.25, 0.3) is 10.8 Å². The van der Waals surface area contributed by atoms with Crippen LogP contribution < -0.4 is 4.90 Å². The summed E-state index contributed by atoms with van der Waals surface area (Å²) in [4.78, 5) is 55.5. The van der Waals surface area contributed by atoms with Gasteiger partial charge < -0.3 is 14.9 Å². The quantitative estimate of drug-likeness (QED) is 0.339. The molecule has 1 fully saturated rings. The fraction of sp³-hybridized carbons (Fsp3) is 0.412. The number of ketones is 1. The van der Waals surface area contributed by atoms with Crippen LogP contribution in [-0.4, -0.2) is 58.5 Å². The Morgan fingerprint density at radius 2 is 1.64 bits per heavy atom. The third kappa shape index (κ3) is 6.24. The molecule has 2 atom stereocenters. The van der Waals surface area contributed by atoms with Gasteiger partial charge in [-0.05, 0) is 65.3 Å². The molecule has 0 aliphatic carbocycles. The Morgan fingerprint density at radius 1 is 0.952 bits per heavy atom. The molecule has 42 heavy (non-hydrogen) atoms. The highest BCUT2D eigenvalue weighted by molar-refractivity contribution is 8.01. The number of thioether (sulfide) groups is 1. The maximum Gasteiger partial charge on any atom is 0.306 e. The van der Waals surface area contributed by atoms with E-state index in [1.165, 1.54) is 11.8 Å². The SMILES string of the molecule is CC(=O)c1ccc2c(c1)[C@H](c1cccc3ccccc13)S[C@@H](CC(=O)N1CCC(C(=O)O)CC1)C(=O)N2CC(C)(C)C. The molecule has 0 radical (unpaired) electrons. The average Bonchev–Trinajstić information content (AvgIpc) is 3.06. The molecule has 2 aliphatic rings. The molecular weight excluding hydrogens is 548 g/mol. The van der Waals surface area contributed by atoms with E-state index in [0.717, 1.165) is 27.6 Å². The molecular formula is C34H38N2O5S. The van der Waals surface area contributed by atoms with E-state index >= 15 is 0 Å². The van der Waals surface area contributed by atoms with Crippen LogP contribution in [0.5, 0.6) is 0 Å². The number of amides is 2. The zero-order chi connectivity index (χ0) is 30.2. The van der Waals surface area contributed by atoms with Gasteiger partial charge in [0.25, 0.3) is 0 Å². The van der Waals surface area contributed by atoms with Gasteiger partial charge in [0.15, 0.2) is 5.78 Å². The number of aliphatic carboxylic acids is 1. The number of carbonyl (C=O) groups is 4. The monoisotopic (exact) mass is 586 g/mol. The minimum absolute atomic E-state index is 0.0245. The Morgan fingerprint density at radius 3 is 2.31 bits per heavy atom. The van der Waals surface area contributed by atoms with Crippen molar-refractivity contribution in [1.82, 2.24) is 4.90 Å². The molecule has 220 valence electrons. The van der Waals surface area contributed by atoms with E-state index in [1.807, 2.05) is 35.2 Å². The van der Waals surface area contributed by atoms with Gasteiger partial charge in [-0.2, -0.15) is 0 Å². The van der Waals surface area contributed by atoms with E-state index in [4.69, 9.17) is 0 Å². The predicted octanol–water partition coefficient (Wildman–Crippen LogP) is 6.34. The number of Topliss-reactive ketones (excluding diaryl/α,β-unsaturated/α-hetero) is 1. The lowest BCUT2D eigenvalue weighted by atomic mass is 9.92. The highest BCUT2D eigenvalue weighted by Gasteiger charge is 2.40. The Kier molecular flexibility index (Phi) is 8.46. The number of nitrogens with zero attached hydrogens (tertiary/aromatic N) is 2. The van der Waals surface area contributed by atoms with E-state index in [0.29, 0.717) is 38.0 Å². The second-order valence-electron chi connectivity index (χ2n) is 12.6. The van der Waals surface area contributed by atoms with Crippen molar-refractivity contribution in [1.29, 1.82) is 0 Å². The smallest absolute Gasteiger partial charge is 0.306 e. The maximum atomic E-state index is 14.4. The van der Waals surface area contributed by atoms with Crippen molar-refractivity contribution in [3.8, 4) is 0 Å². The summed E-state index contributed by atoms with van der Waals surface area (Å²) in [7, 11) is 0. The zero-order valence-electron chi connectivity index (χ0n) is 24.6. The fourth-order valence-electron chi connectivity index (χ4n) is 5.97. The van der Waals surface area contributed by atoms with Crippen LogP contribution in [0.3, 0.4) is 0 Å². The molecule has 0 bridgehead atoms. The minimum Gasteiger partial charge on any atom is -0.481 e. The highest BCUT2D eigenvalue weighted by atomic mass is 32.2. The first-order valence-corrected chi connectivity index (χ1v) is 15.5. The molecule has 8 heteroatoms. The third-order valence-corrected chi connectivity index (χ3v) is 9.62. The summed E-state index contributed by atoms with van der Waals surface area (Å²) in [6, 6.07) is 19.9. The van der Waals surface area contributed by atoms with E-state index in [-0.39, 0.29) is 34.7 Å². The molecule has 1 saturated heterocycles. The summed E-state index contributed by atoms with van der Waals surface area (Å²) >= 11 is 1.47. The largest absolute Gasteiger partial charge is 0.481 e. The normalized spacial score (nSPS) is 19.9. The molecule has 0 saturated carbocycles. The summed E-state index contributed by atoms with van der Waals surface area (Å²) < 4.78 is 0. The van der Waals surface area contributed by atoms with Crippen LogP contribution >= 0.6 is 11.8 Å². The van der Waals surface area contributed by atoms with E-state index in [2.05, 4.69) is 45.0 Å². The van der Waals surface area contributed by atoms with Crippen molar-refractivity contribution in [3.05, 3.63) is 77.4 Å². The lowest BCUT2D eigenvalue weighted by molar-refractivity contribution is -0.145. The Balaban J connectivity index is 1.60. The molecule has 0 aromatic heterocycles. The van der Waals surface area contributed by atoms with Crippen molar-refractivity contribution in [2.45, 2.75) is 57.5 Å². The summed E-state index contributed by atoms with van der Waals surface area (Å²) in [5.74, 6) is -1.56. The van der Waals surface area contributed by atoms with Crippen LogP contribution in [0.4, 0.5) is 5.69 Å². The number of anilines is 1. The number of likely N-dealkylation sites (tertiary alicyclic amines) is 1. The molecule has 0 spiro atoms. The van der Waals surface area contributed by atoms with Crippen LogP contribution in [0.15, 0.2) is 60.7 Å². The number of fused-ring (bicyclic) bond motifs is 2. The molecule has 1 N–H and O–H groups in total. The van der Waals surface area contributed by atoms with Crippen molar-refractivity contribution < 1.29 is 24.3 Å². The van der Waals surface area contributed by atoms with Gasteiger partial charge in [-0.3, -0.25) is 19.2 Å². The maximum absolute atomic E-state index is 14.4. The summed E-state index contributed by atoms with van der Waals surface area (Å²) in [6.07, 6.45) is 0.860. The van der Waals surface area contributed by atoms with Gasteiger partial charge in [0.2, 0.25) is 11.8 Å². The molecule has 5 rings (SSSR count). The number of hydrogen-bond donors (Lipinski definition) is 1. The fourth-order valence-corrected chi connectivity index (χ4v) is 7.47. The molecule has 2 aliphatic heterocycles. The Bertz CT molecular complexity index is 1530. The van der Waals surface area contributed by atoms with Crippen LogP contribution in [0.1, 0.15) is 73.7 Å². The number of rotatable bonds is 6. The Hall–Kier alpha value is -3.65. The summed E-state index contributed by atoms with van der Waals surface area (Å²) in [5.41, 5.74) is 3.05. The second-order valence-corrected chi connectivity index (χ2v) is 13.9. The number of carboxylic acids is 1. The van der Waals surface area contributed by atoms with Gasteiger partial charge in [0.05, 0.1) is 16.4 Å². The van der Waals surface area contributed by atoms with Gasteiger partial charge in [-0.1, -0.05) is 63.2 Å². The number of carbonyl (C=O) groups excluding carboxylic acids is 3. The molecule has 2 heterocycles. The first kappa shape index (κ1) is 29.8. The van der Waals surface area contributed by atoms with E-state index < -0.39 is 17.1 Å². The highest BCUT2D eigenvalue weighted by Crippen LogP contribution is 2.49. The number of hydrogen-bond acceptors (Lipinski definition) is 5. The first-order chi connectivity index (χ1) is 19.9. The lowest BCUT2D eigenvalue weighted by Crippen LogP contribution is -2.45. The van der Waals surface area contributed by atoms with Crippen LogP contribution in [-0.2, 0) is 14.4 Å². The van der Waals surface area contributed by atoms with Crippen molar-refractivity contribution in [2.75, 3.05) is 24.5 Å². The van der Waals surface area contributed by atoms with Crippen LogP contribution in [0.2, 0.25) is 0 Å². The van der Waals surface area contributed by atoms with Crippen molar-refractivity contribution in [3.63, 3.8) is 0 Å². The van der Waals surface area contributed by atoms with Gasteiger partial charge >= 0.3 is 5.97 Å². The van der Waals surface area contributed by atoms with Gasteiger partial charge in [-0.25, -0.2) is 0 Å². The van der Waals surface area contributed by atoms with Crippen LogP contribution in [0, 0.1) is 11.3 Å². The van der Waals surface area contributed by atoms with E-state index in [1.54, 1.807) is 17.9 Å². The molecule has 0 unspecified atom stereocenters. The average molecular weight is 587 g/mol. The molecule has 3 aromatic carbocycles. The van der Waals surface area contributed by atoms with Gasteiger partial charge in [-0.15, -0.1) is 11.8 Å². The number of carboxylic acid groups (broad SMARTS) is 1. The topological polar surface area (TPSA) is 95.0 Å². The lowest BCUT2D eigenvalue weighted by Gasteiger charge is -2.33. The second kappa shape index (κ2) is 11.9. The van der Waals surface area contributed by atoms with E-state index in [9.17, 15) is 24.3 Å². The molecule has 2 amide bonds. The molecule has 7 nitrogen and oxygen atoms in total. The number of piperidine rings is 1. The minimum atomic E-state index is -0.824. The third-order valence-electron chi connectivity index (χ3n) is 8.14. The predicted molar refractivity (Wildman–Crippen MR) is 167 cm³/mol. The first-order valence-electron chi connectivity index (χ1n) is 14.5. The standard InChI is InChI=1S/C34H38N2O5S/c1-21(37)24-12-13-28-27(18-24)31(26-11-7-9-22-8-5-6-10-25(22)26)42-29(32(39)36(28)20-34(2,3)4)19-30(38)35-16-14-23(15-17-35)33(40)41/h5-13,18,23,29,31H,14-17,19-20H2,1-4H3,(H,40,41)/t29-,31-/m0/s1. The van der Waals surface area contributed by atoms with Crippen molar-refractivity contribution in [2.24, 2.45) is 11.3 Å². The van der Waals surface area contributed by atoms with Gasteiger partial charge in [0, 0.05) is 37.3 Å². The van der Waals surface area contributed by atoms with Gasteiger partial charge in [0.1, 0.15) is 0 Å². The van der Waals surface area contributed by atoms with Crippen molar-refractivity contribution >= 4 is 51.8 Å². The summed E-state index contributed by atoms with van der Waals surface area (Å²) in [6.45, 7) is 9.00. The zero-order valence-corrected chi connectivity index (χ0v) is 25.4. The molecule has 3 aromatic rings. The number of benzene rings is 3.